The monoisotopic (exact) mass is 391 g/mol. The van der Waals surface area contributed by atoms with Gasteiger partial charge >= 0.3 is 0 Å². The van der Waals surface area contributed by atoms with Gasteiger partial charge < -0.3 is 19.8 Å². The Hall–Kier alpha value is -3.61. The zero-order valence-electron chi connectivity index (χ0n) is 16.2. The van der Waals surface area contributed by atoms with Gasteiger partial charge in [0.15, 0.2) is 11.5 Å². The molecule has 29 heavy (non-hydrogen) atoms. The maximum Gasteiger partial charge on any atom is 0.273 e. The highest BCUT2D eigenvalue weighted by Gasteiger charge is 2.25. The highest BCUT2D eigenvalue weighted by molar-refractivity contribution is 5.97. The molecule has 0 spiro atoms. The average molecular weight is 391 g/mol. The van der Waals surface area contributed by atoms with Crippen LogP contribution in [0.4, 0.5) is 0 Å². The van der Waals surface area contributed by atoms with Crippen molar-refractivity contribution < 1.29 is 19.2 Å². The summed E-state index contributed by atoms with van der Waals surface area (Å²) < 4.78 is 5.29. The molecule has 0 aliphatic heterocycles. The summed E-state index contributed by atoms with van der Waals surface area (Å²) in [7, 11) is 3.22. The lowest BCUT2D eigenvalue weighted by molar-refractivity contribution is 0.0824. The number of aromatic nitrogens is 1. The van der Waals surface area contributed by atoms with Crippen molar-refractivity contribution in [3.05, 3.63) is 70.9 Å². The SMILES string of the molecule is CN(C)C(=O)c1ccc(-c2cc(C(=O)NC3CCc4ccccc43)no2)cc1O. The highest BCUT2D eigenvalue weighted by Crippen LogP contribution is 2.31. The lowest BCUT2D eigenvalue weighted by Crippen LogP contribution is -2.27. The molecule has 3 aromatic rings. The topological polar surface area (TPSA) is 95.7 Å². The molecule has 1 unspecified atom stereocenters. The minimum atomic E-state index is -0.315. The van der Waals surface area contributed by atoms with Crippen LogP contribution in [0.15, 0.2) is 53.1 Å². The van der Waals surface area contributed by atoms with Gasteiger partial charge in [-0.05, 0) is 36.1 Å². The van der Waals surface area contributed by atoms with Crippen LogP contribution in [-0.2, 0) is 6.42 Å². The van der Waals surface area contributed by atoms with Crippen molar-refractivity contribution in [2.45, 2.75) is 18.9 Å². The van der Waals surface area contributed by atoms with Crippen LogP contribution >= 0.6 is 0 Å². The molecule has 0 radical (unpaired) electrons. The number of nitrogens with one attached hydrogen (secondary N) is 1. The molecule has 148 valence electrons. The third kappa shape index (κ3) is 3.59. The second-order valence-corrected chi connectivity index (χ2v) is 7.27. The molecule has 2 aromatic carbocycles. The first-order valence-electron chi connectivity index (χ1n) is 9.34. The molecule has 1 aromatic heterocycles. The van der Waals surface area contributed by atoms with E-state index < -0.39 is 0 Å². The molecule has 7 heteroatoms. The van der Waals surface area contributed by atoms with Crippen molar-refractivity contribution in [3.63, 3.8) is 0 Å². The fourth-order valence-corrected chi connectivity index (χ4v) is 3.56. The van der Waals surface area contributed by atoms with E-state index in [9.17, 15) is 14.7 Å². The van der Waals surface area contributed by atoms with Crippen LogP contribution in [0.3, 0.4) is 0 Å². The van der Waals surface area contributed by atoms with E-state index in [-0.39, 0.29) is 34.9 Å². The smallest absolute Gasteiger partial charge is 0.273 e. The van der Waals surface area contributed by atoms with E-state index in [1.54, 1.807) is 20.2 Å². The standard InChI is InChI=1S/C22H21N3O4/c1-25(2)22(28)16-9-7-14(11-19(16)26)20-12-18(24-29-20)21(27)23-17-10-8-13-5-3-4-6-15(13)17/h3-7,9,11-12,17,26H,8,10H2,1-2H3,(H,23,27). The molecule has 1 aliphatic carbocycles. The summed E-state index contributed by atoms with van der Waals surface area (Å²) in [5, 5.41) is 17.0. The molecule has 0 fully saturated rings. The van der Waals surface area contributed by atoms with Crippen molar-refractivity contribution in [1.29, 1.82) is 0 Å². The third-order valence-electron chi connectivity index (χ3n) is 5.10. The van der Waals surface area contributed by atoms with Gasteiger partial charge in [-0.2, -0.15) is 0 Å². The molecule has 2 N–H and O–H groups in total. The summed E-state index contributed by atoms with van der Waals surface area (Å²) in [5.41, 5.74) is 3.26. The van der Waals surface area contributed by atoms with Crippen LogP contribution in [0.2, 0.25) is 0 Å². The van der Waals surface area contributed by atoms with Crippen molar-refractivity contribution in [2.24, 2.45) is 0 Å². The number of hydrogen-bond acceptors (Lipinski definition) is 5. The van der Waals surface area contributed by atoms with Gasteiger partial charge in [0, 0.05) is 25.7 Å². The normalized spacial score (nSPS) is 15.0. The molecule has 1 atom stereocenters. The fraction of sp³-hybridized carbons (Fsp3) is 0.227. The number of phenols is 1. The van der Waals surface area contributed by atoms with Crippen molar-refractivity contribution in [3.8, 4) is 17.1 Å². The summed E-state index contributed by atoms with van der Waals surface area (Å²) in [6.45, 7) is 0. The number of amides is 2. The zero-order chi connectivity index (χ0) is 20.5. The van der Waals surface area contributed by atoms with Crippen LogP contribution in [0, 0.1) is 0 Å². The molecule has 0 saturated carbocycles. The van der Waals surface area contributed by atoms with E-state index in [1.165, 1.54) is 28.7 Å². The van der Waals surface area contributed by atoms with Gasteiger partial charge in [0.05, 0.1) is 11.6 Å². The van der Waals surface area contributed by atoms with E-state index in [0.29, 0.717) is 11.3 Å². The lowest BCUT2D eigenvalue weighted by Gasteiger charge is -2.12. The number of aryl methyl sites for hydroxylation is 1. The van der Waals surface area contributed by atoms with Crippen molar-refractivity contribution in [2.75, 3.05) is 14.1 Å². The number of benzene rings is 2. The van der Waals surface area contributed by atoms with Crippen LogP contribution in [0.5, 0.6) is 5.75 Å². The first kappa shape index (κ1) is 18.7. The van der Waals surface area contributed by atoms with E-state index in [2.05, 4.69) is 16.5 Å². The number of aromatic hydroxyl groups is 1. The Balaban J connectivity index is 1.51. The first-order chi connectivity index (χ1) is 13.9. The molecular formula is C22H21N3O4. The minimum Gasteiger partial charge on any atom is -0.507 e. The summed E-state index contributed by atoms with van der Waals surface area (Å²) >= 11 is 0. The largest absolute Gasteiger partial charge is 0.507 e. The van der Waals surface area contributed by atoms with Gasteiger partial charge in [-0.25, -0.2) is 0 Å². The van der Waals surface area contributed by atoms with Crippen LogP contribution in [-0.4, -0.2) is 41.1 Å². The quantitative estimate of drug-likeness (QED) is 0.712. The van der Waals surface area contributed by atoms with Gasteiger partial charge in [0.2, 0.25) is 0 Å². The Kier molecular flexibility index (Phi) is 4.80. The number of nitrogens with zero attached hydrogens (tertiary/aromatic N) is 2. The Labute approximate surface area is 167 Å². The Bertz CT molecular complexity index is 1090. The first-order valence-corrected chi connectivity index (χ1v) is 9.34. The molecule has 0 saturated heterocycles. The maximum atomic E-state index is 12.6. The Morgan fingerprint density at radius 1 is 1.17 bits per heavy atom. The van der Waals surface area contributed by atoms with Crippen LogP contribution in [0.1, 0.15) is 44.4 Å². The van der Waals surface area contributed by atoms with Gasteiger partial charge in [-0.15, -0.1) is 0 Å². The Morgan fingerprint density at radius 3 is 2.72 bits per heavy atom. The van der Waals surface area contributed by atoms with E-state index in [4.69, 9.17) is 4.52 Å². The van der Waals surface area contributed by atoms with E-state index >= 15 is 0 Å². The predicted molar refractivity (Wildman–Crippen MR) is 107 cm³/mol. The predicted octanol–water partition coefficient (Wildman–Crippen LogP) is 3.17. The number of carbonyl (C=O) groups excluding carboxylic acids is 2. The zero-order valence-corrected chi connectivity index (χ0v) is 16.2. The number of fused-ring (bicyclic) bond motifs is 1. The number of rotatable bonds is 4. The summed E-state index contributed by atoms with van der Waals surface area (Å²) in [4.78, 5) is 26.0. The molecule has 1 aliphatic rings. The molecule has 4 rings (SSSR count). The van der Waals surface area contributed by atoms with Crippen molar-refractivity contribution in [1.82, 2.24) is 15.4 Å². The second kappa shape index (κ2) is 7.43. The molecule has 1 heterocycles. The molecular weight excluding hydrogens is 370 g/mol. The number of hydrogen-bond donors (Lipinski definition) is 2. The van der Waals surface area contributed by atoms with Crippen LogP contribution < -0.4 is 5.32 Å². The van der Waals surface area contributed by atoms with Crippen LogP contribution in [0.25, 0.3) is 11.3 Å². The van der Waals surface area contributed by atoms with Gasteiger partial charge in [-0.1, -0.05) is 35.5 Å². The van der Waals surface area contributed by atoms with Gasteiger partial charge in [0.25, 0.3) is 11.8 Å². The van der Waals surface area contributed by atoms with Gasteiger partial charge in [0.1, 0.15) is 5.75 Å². The number of phenolic OH excluding ortho intramolecular Hbond substituents is 1. The molecule has 2 amide bonds. The molecule has 7 nitrogen and oxygen atoms in total. The van der Waals surface area contributed by atoms with Crippen molar-refractivity contribution >= 4 is 11.8 Å². The highest BCUT2D eigenvalue weighted by atomic mass is 16.5. The fourth-order valence-electron chi connectivity index (χ4n) is 3.56. The van der Waals surface area contributed by atoms with E-state index in [0.717, 1.165) is 18.4 Å². The minimum absolute atomic E-state index is 0.0424. The second-order valence-electron chi connectivity index (χ2n) is 7.27. The maximum absolute atomic E-state index is 12.6. The summed E-state index contributed by atoms with van der Waals surface area (Å²) in [5.74, 6) is -0.443. The average Bonchev–Trinajstić information content (AvgIpc) is 3.35. The summed E-state index contributed by atoms with van der Waals surface area (Å²) in [6, 6.07) is 14.1. The molecule has 0 bridgehead atoms. The van der Waals surface area contributed by atoms with Gasteiger partial charge in [-0.3, -0.25) is 9.59 Å². The van der Waals surface area contributed by atoms with E-state index in [1.807, 2.05) is 18.2 Å². The lowest BCUT2D eigenvalue weighted by atomic mass is 10.1. The number of carbonyl (C=O) groups is 2. The summed E-state index contributed by atoms with van der Waals surface area (Å²) in [6.07, 6.45) is 1.79. The Morgan fingerprint density at radius 2 is 1.97 bits per heavy atom. The third-order valence-corrected chi connectivity index (χ3v) is 5.10.